The average molecular weight is 259 g/mol. The van der Waals surface area contributed by atoms with Crippen molar-refractivity contribution in [3.63, 3.8) is 0 Å². The van der Waals surface area contributed by atoms with Gasteiger partial charge in [0.15, 0.2) is 5.78 Å². The van der Waals surface area contributed by atoms with E-state index in [2.05, 4.69) is 18.9 Å². The summed E-state index contributed by atoms with van der Waals surface area (Å²) >= 11 is 0. The Morgan fingerprint density at radius 3 is 2.63 bits per heavy atom. The van der Waals surface area contributed by atoms with Gasteiger partial charge in [-0.3, -0.25) is 9.69 Å². The summed E-state index contributed by atoms with van der Waals surface area (Å²) in [6, 6.07) is 8.45. The van der Waals surface area contributed by atoms with Gasteiger partial charge in [-0.2, -0.15) is 0 Å². The number of likely N-dealkylation sites (N-methyl/N-ethyl adjacent to an activating group) is 1. The van der Waals surface area contributed by atoms with E-state index in [9.17, 15) is 4.79 Å². The quantitative estimate of drug-likeness (QED) is 0.769. The van der Waals surface area contributed by atoms with Crippen molar-refractivity contribution >= 4 is 5.78 Å². The molecule has 1 fully saturated rings. The lowest BCUT2D eigenvalue weighted by Gasteiger charge is -2.36. The summed E-state index contributed by atoms with van der Waals surface area (Å²) in [4.78, 5) is 14.6. The minimum atomic E-state index is 0.248. The van der Waals surface area contributed by atoms with Gasteiger partial charge in [-0.15, -0.1) is 0 Å². The number of hydrogen-bond donors (Lipinski definition) is 0. The number of ketones is 1. The van der Waals surface area contributed by atoms with Crippen LogP contribution in [0, 0.1) is 12.8 Å². The Kier molecular flexibility index (Phi) is 4.76. The lowest BCUT2D eigenvalue weighted by atomic mass is 9.85. The number of carbonyl (C=O) groups excluding carboxylic acids is 1. The van der Waals surface area contributed by atoms with E-state index in [-0.39, 0.29) is 5.78 Å². The third-order valence-electron chi connectivity index (χ3n) is 4.47. The fourth-order valence-electron chi connectivity index (χ4n) is 3.27. The minimum absolute atomic E-state index is 0.248. The molecular weight excluding hydrogens is 234 g/mol. The smallest absolute Gasteiger partial charge is 0.177 e. The van der Waals surface area contributed by atoms with Gasteiger partial charge in [-0.1, -0.05) is 44.0 Å². The van der Waals surface area contributed by atoms with Crippen LogP contribution in [-0.2, 0) is 0 Å². The van der Waals surface area contributed by atoms with E-state index in [0.29, 0.717) is 18.5 Å². The van der Waals surface area contributed by atoms with Crippen molar-refractivity contribution in [3.05, 3.63) is 35.4 Å². The van der Waals surface area contributed by atoms with E-state index in [1.807, 2.05) is 31.2 Å². The first-order chi connectivity index (χ1) is 9.09. The molecule has 2 nitrogen and oxygen atoms in total. The molecule has 2 atom stereocenters. The molecule has 1 aromatic rings. The van der Waals surface area contributed by atoms with Crippen LogP contribution in [0.25, 0.3) is 0 Å². The van der Waals surface area contributed by atoms with E-state index in [4.69, 9.17) is 0 Å². The summed E-state index contributed by atoms with van der Waals surface area (Å²) in [5, 5.41) is 0. The predicted molar refractivity (Wildman–Crippen MR) is 79.6 cm³/mol. The lowest BCUT2D eigenvalue weighted by Crippen LogP contribution is -2.41. The summed E-state index contributed by atoms with van der Waals surface area (Å²) in [5.41, 5.74) is 1.95. The maximum Gasteiger partial charge on any atom is 0.177 e. The highest BCUT2D eigenvalue weighted by molar-refractivity contribution is 5.98. The molecule has 0 radical (unpaired) electrons. The van der Waals surface area contributed by atoms with Gasteiger partial charge < -0.3 is 0 Å². The van der Waals surface area contributed by atoms with Gasteiger partial charge in [0.2, 0.25) is 0 Å². The van der Waals surface area contributed by atoms with Crippen molar-refractivity contribution in [1.29, 1.82) is 0 Å². The molecule has 1 aromatic carbocycles. The molecule has 0 heterocycles. The Balaban J connectivity index is 2.00. The van der Waals surface area contributed by atoms with Crippen LogP contribution in [0.2, 0.25) is 0 Å². The van der Waals surface area contributed by atoms with Crippen molar-refractivity contribution in [2.75, 3.05) is 13.6 Å². The Morgan fingerprint density at radius 1 is 1.26 bits per heavy atom. The molecule has 1 saturated carbocycles. The second kappa shape index (κ2) is 6.33. The Hall–Kier alpha value is -1.15. The van der Waals surface area contributed by atoms with Crippen LogP contribution in [0.4, 0.5) is 0 Å². The number of nitrogens with zero attached hydrogens (tertiary/aromatic N) is 1. The first kappa shape index (κ1) is 14.3. The van der Waals surface area contributed by atoms with Crippen molar-refractivity contribution in [2.45, 2.75) is 45.6 Å². The zero-order chi connectivity index (χ0) is 13.8. The van der Waals surface area contributed by atoms with E-state index in [1.165, 1.54) is 25.7 Å². The molecule has 2 rings (SSSR count). The average Bonchev–Trinajstić information content (AvgIpc) is 2.39. The Labute approximate surface area is 116 Å². The molecule has 0 N–H and O–H groups in total. The van der Waals surface area contributed by atoms with Gasteiger partial charge in [0.1, 0.15) is 0 Å². The van der Waals surface area contributed by atoms with E-state index in [0.717, 1.165) is 11.1 Å². The third-order valence-corrected chi connectivity index (χ3v) is 4.47. The summed E-state index contributed by atoms with van der Waals surface area (Å²) in [6.45, 7) is 4.87. The summed E-state index contributed by atoms with van der Waals surface area (Å²) < 4.78 is 0. The molecule has 0 bridgehead atoms. The fraction of sp³-hybridized carbons (Fsp3) is 0.588. The van der Waals surface area contributed by atoms with Crippen LogP contribution < -0.4 is 0 Å². The minimum Gasteiger partial charge on any atom is -0.296 e. The van der Waals surface area contributed by atoms with E-state index in [1.54, 1.807) is 0 Å². The molecule has 0 aromatic heterocycles. The number of rotatable bonds is 4. The van der Waals surface area contributed by atoms with Crippen molar-refractivity contribution in [3.8, 4) is 0 Å². The molecule has 1 aliphatic rings. The summed E-state index contributed by atoms with van der Waals surface area (Å²) in [6.07, 6.45) is 5.18. The molecule has 104 valence electrons. The van der Waals surface area contributed by atoms with E-state index >= 15 is 0 Å². The van der Waals surface area contributed by atoms with Gasteiger partial charge in [-0.25, -0.2) is 0 Å². The summed E-state index contributed by atoms with van der Waals surface area (Å²) in [5.74, 6) is 0.960. The number of carbonyl (C=O) groups is 1. The Bertz CT molecular complexity index is 441. The molecule has 1 aliphatic carbocycles. The fourth-order valence-corrected chi connectivity index (χ4v) is 3.27. The van der Waals surface area contributed by atoms with Crippen LogP contribution >= 0.6 is 0 Å². The zero-order valence-corrected chi connectivity index (χ0v) is 12.4. The number of aryl methyl sites for hydroxylation is 1. The van der Waals surface area contributed by atoms with Crippen molar-refractivity contribution in [2.24, 2.45) is 5.92 Å². The van der Waals surface area contributed by atoms with E-state index < -0.39 is 0 Å². The van der Waals surface area contributed by atoms with Crippen molar-refractivity contribution < 1.29 is 4.79 Å². The maximum atomic E-state index is 12.4. The molecule has 19 heavy (non-hydrogen) atoms. The van der Waals surface area contributed by atoms with Gasteiger partial charge in [0.25, 0.3) is 0 Å². The highest BCUT2D eigenvalue weighted by atomic mass is 16.1. The largest absolute Gasteiger partial charge is 0.296 e. The number of benzene rings is 1. The number of hydrogen-bond acceptors (Lipinski definition) is 2. The van der Waals surface area contributed by atoms with Gasteiger partial charge in [0.05, 0.1) is 6.54 Å². The van der Waals surface area contributed by atoms with Crippen LogP contribution in [0.1, 0.15) is 48.5 Å². The van der Waals surface area contributed by atoms with Gasteiger partial charge in [0, 0.05) is 11.6 Å². The molecule has 0 spiro atoms. The monoisotopic (exact) mass is 259 g/mol. The Morgan fingerprint density at radius 2 is 1.95 bits per heavy atom. The number of Topliss-reactive ketones (excluding diaryl/α,β-unsaturated/α-hetero) is 1. The molecule has 0 saturated heterocycles. The predicted octanol–water partition coefficient (Wildman–Crippen LogP) is 3.69. The molecule has 2 heteroatoms. The van der Waals surface area contributed by atoms with Gasteiger partial charge in [-0.05, 0) is 38.3 Å². The SMILES string of the molecule is Cc1ccccc1C(=O)CN(C)C1CCCCC1C. The summed E-state index contributed by atoms with van der Waals surface area (Å²) in [7, 11) is 2.10. The van der Waals surface area contributed by atoms with Crippen LogP contribution in [0.5, 0.6) is 0 Å². The van der Waals surface area contributed by atoms with Gasteiger partial charge >= 0.3 is 0 Å². The zero-order valence-electron chi connectivity index (χ0n) is 12.4. The standard InChI is InChI=1S/C17H25NO/c1-13-8-4-6-10-15(13)17(19)12-18(3)16-11-7-5-9-14(16)2/h4,6,8,10,14,16H,5,7,9,11-12H2,1-3H3. The second-order valence-corrected chi connectivity index (χ2v) is 5.98. The van der Waals surface area contributed by atoms with Crippen LogP contribution in [0.3, 0.4) is 0 Å². The van der Waals surface area contributed by atoms with Crippen LogP contribution in [0.15, 0.2) is 24.3 Å². The first-order valence-electron chi connectivity index (χ1n) is 7.38. The highest BCUT2D eigenvalue weighted by Crippen LogP contribution is 2.27. The normalized spacial score (nSPS) is 23.6. The lowest BCUT2D eigenvalue weighted by molar-refractivity contribution is 0.0850. The van der Waals surface area contributed by atoms with Crippen molar-refractivity contribution in [1.82, 2.24) is 4.90 Å². The molecule has 0 aliphatic heterocycles. The highest BCUT2D eigenvalue weighted by Gasteiger charge is 2.26. The third kappa shape index (κ3) is 3.44. The van der Waals surface area contributed by atoms with Crippen LogP contribution in [-0.4, -0.2) is 30.3 Å². The molecule has 2 unspecified atom stereocenters. The second-order valence-electron chi connectivity index (χ2n) is 5.98. The molecular formula is C17H25NO. The maximum absolute atomic E-state index is 12.4. The topological polar surface area (TPSA) is 20.3 Å². The molecule has 0 amide bonds. The first-order valence-corrected chi connectivity index (χ1v) is 7.38.